The van der Waals surface area contributed by atoms with Crippen LogP contribution < -0.4 is 11.1 Å². The first-order valence-corrected chi connectivity index (χ1v) is 11.4. The van der Waals surface area contributed by atoms with Crippen molar-refractivity contribution in [3.63, 3.8) is 0 Å². The van der Waals surface area contributed by atoms with E-state index in [1.54, 1.807) is 23.7 Å². The molecular formula is C26H33FN4O3. The van der Waals surface area contributed by atoms with Crippen molar-refractivity contribution in [1.29, 1.82) is 0 Å². The molecule has 0 spiro atoms. The molecule has 0 aliphatic heterocycles. The van der Waals surface area contributed by atoms with Gasteiger partial charge in [0.1, 0.15) is 5.82 Å². The van der Waals surface area contributed by atoms with Gasteiger partial charge >= 0.3 is 5.97 Å². The summed E-state index contributed by atoms with van der Waals surface area (Å²) in [7, 11) is 3.11. The first-order chi connectivity index (χ1) is 16.0. The Hall–Kier alpha value is -3.26. The van der Waals surface area contributed by atoms with E-state index in [-0.39, 0.29) is 17.9 Å². The first kappa shape index (κ1) is 25.4. The third-order valence-electron chi connectivity index (χ3n) is 5.94. The zero-order valence-corrected chi connectivity index (χ0v) is 20.6. The number of ether oxygens (including phenoxy) is 1. The molecule has 2 aromatic carbocycles. The zero-order valence-electron chi connectivity index (χ0n) is 20.6. The van der Waals surface area contributed by atoms with Gasteiger partial charge in [0.05, 0.1) is 31.1 Å². The van der Waals surface area contributed by atoms with Crippen molar-refractivity contribution in [1.82, 2.24) is 15.1 Å². The Labute approximate surface area is 199 Å². The first-order valence-electron chi connectivity index (χ1n) is 11.4. The second-order valence-electron chi connectivity index (χ2n) is 9.27. The van der Waals surface area contributed by atoms with E-state index in [2.05, 4.69) is 10.4 Å². The summed E-state index contributed by atoms with van der Waals surface area (Å²) in [6, 6.07) is 5.70. The summed E-state index contributed by atoms with van der Waals surface area (Å²) in [5.41, 5.74) is 10.2. The number of nitrogens with two attached hydrogens (primary N) is 1. The summed E-state index contributed by atoms with van der Waals surface area (Å²) >= 11 is 0. The molecule has 7 nitrogen and oxygen atoms in total. The minimum Gasteiger partial charge on any atom is -0.469 e. The lowest BCUT2D eigenvalue weighted by Gasteiger charge is -2.23. The molecule has 3 N–H and O–H groups in total. The third-order valence-corrected chi connectivity index (χ3v) is 5.94. The number of rotatable bonds is 8. The van der Waals surface area contributed by atoms with E-state index in [4.69, 9.17) is 10.5 Å². The third kappa shape index (κ3) is 5.44. The Kier molecular flexibility index (Phi) is 7.71. The van der Waals surface area contributed by atoms with Crippen LogP contribution in [-0.4, -0.2) is 34.8 Å². The van der Waals surface area contributed by atoms with E-state index in [0.29, 0.717) is 12.0 Å². The number of aromatic nitrogens is 2. The molecule has 0 fully saturated rings. The number of esters is 1. The van der Waals surface area contributed by atoms with Crippen LogP contribution in [0.3, 0.4) is 0 Å². The number of hydrogen-bond acceptors (Lipinski definition) is 5. The largest absolute Gasteiger partial charge is 0.469 e. The highest BCUT2D eigenvalue weighted by Crippen LogP contribution is 2.35. The highest BCUT2D eigenvalue weighted by molar-refractivity contribution is 5.96. The molecule has 0 radical (unpaired) electrons. The van der Waals surface area contributed by atoms with Crippen LogP contribution in [0, 0.1) is 25.6 Å². The Morgan fingerprint density at radius 3 is 2.56 bits per heavy atom. The number of amides is 1. The molecule has 0 saturated carbocycles. The minimum atomic E-state index is -0.926. The van der Waals surface area contributed by atoms with E-state index in [1.807, 2.05) is 46.1 Å². The molecule has 3 aromatic rings. The normalized spacial score (nSPS) is 13.2. The van der Waals surface area contributed by atoms with Crippen LogP contribution in [0.25, 0.3) is 22.0 Å². The van der Waals surface area contributed by atoms with Crippen LogP contribution in [0.4, 0.5) is 4.39 Å². The molecule has 2 atom stereocenters. The summed E-state index contributed by atoms with van der Waals surface area (Å²) < 4.78 is 22.0. The van der Waals surface area contributed by atoms with Gasteiger partial charge in [-0.25, -0.2) is 4.39 Å². The van der Waals surface area contributed by atoms with Gasteiger partial charge in [-0.1, -0.05) is 19.9 Å². The van der Waals surface area contributed by atoms with E-state index >= 15 is 4.39 Å². The number of methoxy groups -OCH3 is 1. The monoisotopic (exact) mass is 468 g/mol. The van der Waals surface area contributed by atoms with Crippen molar-refractivity contribution in [2.75, 3.05) is 7.11 Å². The molecule has 1 amide bonds. The number of fused-ring (bicyclic) bond motifs is 1. The zero-order chi connectivity index (χ0) is 25.2. The summed E-state index contributed by atoms with van der Waals surface area (Å²) in [5, 5.41) is 8.20. The Balaban J connectivity index is 2.11. The fourth-order valence-corrected chi connectivity index (χ4v) is 4.28. The molecular weight excluding hydrogens is 435 g/mol. The van der Waals surface area contributed by atoms with Crippen molar-refractivity contribution in [3.8, 4) is 11.1 Å². The Bertz CT molecular complexity index is 1220. The van der Waals surface area contributed by atoms with Gasteiger partial charge in [0.2, 0.25) is 5.91 Å². The molecule has 0 aliphatic rings. The molecule has 1 heterocycles. The molecule has 0 saturated heterocycles. The van der Waals surface area contributed by atoms with Gasteiger partial charge in [-0.05, 0) is 66.6 Å². The van der Waals surface area contributed by atoms with Gasteiger partial charge in [-0.3, -0.25) is 14.3 Å². The topological polar surface area (TPSA) is 99.2 Å². The van der Waals surface area contributed by atoms with Gasteiger partial charge < -0.3 is 15.8 Å². The highest BCUT2D eigenvalue weighted by atomic mass is 19.1. The average molecular weight is 469 g/mol. The van der Waals surface area contributed by atoms with E-state index in [1.165, 1.54) is 7.11 Å². The van der Waals surface area contributed by atoms with Crippen LogP contribution in [0.1, 0.15) is 49.4 Å². The molecule has 0 unspecified atom stereocenters. The molecule has 1 aromatic heterocycles. The van der Waals surface area contributed by atoms with Crippen molar-refractivity contribution in [2.24, 2.45) is 18.7 Å². The van der Waals surface area contributed by atoms with Gasteiger partial charge in [0, 0.05) is 24.2 Å². The number of hydrogen-bond donors (Lipinski definition) is 2. The fraction of sp³-hybridized carbons (Fsp3) is 0.423. The lowest BCUT2D eigenvalue weighted by molar-refractivity contribution is -0.141. The van der Waals surface area contributed by atoms with Crippen LogP contribution in [0.15, 0.2) is 30.5 Å². The molecule has 8 heteroatoms. The van der Waals surface area contributed by atoms with Crippen LogP contribution in [0.2, 0.25) is 0 Å². The predicted molar refractivity (Wildman–Crippen MR) is 131 cm³/mol. The van der Waals surface area contributed by atoms with Crippen LogP contribution in [-0.2, 0) is 21.4 Å². The smallest absolute Gasteiger partial charge is 0.307 e. The van der Waals surface area contributed by atoms with Crippen LogP contribution in [0.5, 0.6) is 0 Å². The Morgan fingerprint density at radius 2 is 1.91 bits per heavy atom. The maximum Gasteiger partial charge on any atom is 0.307 e. The van der Waals surface area contributed by atoms with Gasteiger partial charge in [0.15, 0.2) is 0 Å². The number of halogens is 1. The van der Waals surface area contributed by atoms with E-state index in [9.17, 15) is 9.59 Å². The maximum absolute atomic E-state index is 15.4. The van der Waals surface area contributed by atoms with Gasteiger partial charge in [0.25, 0.3) is 0 Å². The lowest BCUT2D eigenvalue weighted by Crippen LogP contribution is -2.43. The molecule has 182 valence electrons. The van der Waals surface area contributed by atoms with E-state index < -0.39 is 29.8 Å². The second-order valence-corrected chi connectivity index (χ2v) is 9.27. The number of carbonyl (C=O) groups is 2. The van der Waals surface area contributed by atoms with Crippen LogP contribution >= 0.6 is 0 Å². The number of aryl methyl sites for hydroxylation is 3. The molecule has 3 rings (SSSR count). The number of carbonyl (C=O) groups excluding carboxylic acids is 2. The predicted octanol–water partition coefficient (Wildman–Crippen LogP) is 4.09. The highest BCUT2D eigenvalue weighted by Gasteiger charge is 2.26. The molecule has 34 heavy (non-hydrogen) atoms. The number of benzene rings is 2. The van der Waals surface area contributed by atoms with E-state index in [0.717, 1.165) is 27.6 Å². The summed E-state index contributed by atoms with van der Waals surface area (Å²) in [6.07, 6.45) is 2.18. The summed E-state index contributed by atoms with van der Waals surface area (Å²) in [5.74, 6) is -1.26. The lowest BCUT2D eigenvalue weighted by atomic mass is 9.91. The average Bonchev–Trinajstić information content (AvgIpc) is 3.14. The van der Waals surface area contributed by atoms with Crippen molar-refractivity contribution in [3.05, 3.63) is 53.0 Å². The maximum atomic E-state index is 15.4. The number of nitrogens with zero attached hydrogens (tertiary/aromatic N) is 2. The van der Waals surface area contributed by atoms with Gasteiger partial charge in [-0.2, -0.15) is 5.10 Å². The summed E-state index contributed by atoms with van der Waals surface area (Å²) in [6.45, 7) is 7.58. The molecule has 0 bridgehead atoms. The quantitative estimate of drug-likeness (QED) is 0.485. The molecule has 0 aliphatic carbocycles. The van der Waals surface area contributed by atoms with Crippen molar-refractivity contribution >= 4 is 22.8 Å². The standard InChI is InChI=1S/C26H33FN4O3/c1-14(2)9-20(28)26(33)29-22(12-23(32)34-6)18-11-17(10-16(4)25(18)27)24-15(3)7-8-21-19(24)13-31(5)30-21/h7-8,10-11,13-14,20,22H,9,12,28H2,1-6H3,(H,29,33)/t20-,22-/m0/s1. The van der Waals surface area contributed by atoms with Crippen molar-refractivity contribution < 1.29 is 18.7 Å². The minimum absolute atomic E-state index is 0.213. The Morgan fingerprint density at radius 1 is 1.21 bits per heavy atom. The second kappa shape index (κ2) is 10.3. The number of nitrogens with one attached hydrogen (secondary N) is 1. The van der Waals surface area contributed by atoms with Gasteiger partial charge in [-0.15, -0.1) is 0 Å². The fourth-order valence-electron chi connectivity index (χ4n) is 4.28. The summed E-state index contributed by atoms with van der Waals surface area (Å²) in [4.78, 5) is 25.0. The SMILES string of the molecule is COC(=O)C[C@H](NC(=O)[C@@H](N)CC(C)C)c1cc(-c2c(C)ccc3nn(C)cc23)cc(C)c1F. The van der Waals surface area contributed by atoms with Crippen molar-refractivity contribution in [2.45, 2.75) is 52.6 Å².